The molecule has 2 atom stereocenters. The molecule has 0 radical (unpaired) electrons. The van der Waals surface area contributed by atoms with Crippen molar-refractivity contribution in [2.24, 2.45) is 13.0 Å². The van der Waals surface area contributed by atoms with Gasteiger partial charge in [-0.25, -0.2) is 4.98 Å². The quantitative estimate of drug-likeness (QED) is 0.623. The fraction of sp³-hybridized carbons (Fsp3) is 0.320. The van der Waals surface area contributed by atoms with Gasteiger partial charge in [0.05, 0.1) is 13.0 Å². The zero-order valence-electron chi connectivity index (χ0n) is 18.6. The zero-order valence-corrected chi connectivity index (χ0v) is 18.6. The first-order valence-electron chi connectivity index (χ1n) is 10.7. The van der Waals surface area contributed by atoms with Crippen molar-refractivity contribution in [1.82, 2.24) is 19.8 Å². The fourth-order valence-electron chi connectivity index (χ4n) is 4.02. The van der Waals surface area contributed by atoms with E-state index in [4.69, 9.17) is 4.74 Å². The SMILES string of the molecule is COc1ccc([C@@H](NC(=O)[C@@H]2CC(=O)N(Cc3ccc(C)cc3)C2)c2nccn2C)cc1. The van der Waals surface area contributed by atoms with Crippen LogP contribution in [0.5, 0.6) is 5.75 Å². The van der Waals surface area contributed by atoms with Gasteiger partial charge in [-0.05, 0) is 30.2 Å². The number of aryl methyl sites for hydroxylation is 2. The molecule has 1 N–H and O–H groups in total. The van der Waals surface area contributed by atoms with Crippen LogP contribution in [-0.4, -0.2) is 39.9 Å². The maximum Gasteiger partial charge on any atom is 0.226 e. The summed E-state index contributed by atoms with van der Waals surface area (Å²) < 4.78 is 7.14. The third-order valence-electron chi connectivity index (χ3n) is 5.93. The topological polar surface area (TPSA) is 76.5 Å². The summed E-state index contributed by atoms with van der Waals surface area (Å²) in [7, 11) is 3.51. The van der Waals surface area contributed by atoms with Gasteiger partial charge in [-0.3, -0.25) is 9.59 Å². The molecule has 2 aromatic carbocycles. The number of nitrogens with zero attached hydrogens (tertiary/aromatic N) is 3. The Morgan fingerprint density at radius 1 is 1.19 bits per heavy atom. The molecule has 0 bridgehead atoms. The molecule has 4 rings (SSSR count). The highest BCUT2D eigenvalue weighted by Gasteiger charge is 2.35. The number of rotatable bonds is 7. The van der Waals surface area contributed by atoms with E-state index in [0.717, 1.165) is 22.7 Å². The Kier molecular flexibility index (Phi) is 6.25. The predicted molar refractivity (Wildman–Crippen MR) is 121 cm³/mol. The summed E-state index contributed by atoms with van der Waals surface area (Å²) in [6.07, 6.45) is 3.77. The molecular formula is C25H28N4O3. The molecule has 1 aromatic heterocycles. The van der Waals surface area contributed by atoms with E-state index in [0.29, 0.717) is 13.1 Å². The van der Waals surface area contributed by atoms with Crippen molar-refractivity contribution in [1.29, 1.82) is 0 Å². The second-order valence-electron chi connectivity index (χ2n) is 8.27. The number of benzene rings is 2. The van der Waals surface area contributed by atoms with Gasteiger partial charge in [-0.15, -0.1) is 0 Å². The Hall–Kier alpha value is -3.61. The normalized spacial score (nSPS) is 16.8. The number of likely N-dealkylation sites (tertiary alicyclic amines) is 1. The molecule has 32 heavy (non-hydrogen) atoms. The lowest BCUT2D eigenvalue weighted by Gasteiger charge is -2.22. The van der Waals surface area contributed by atoms with E-state index in [1.54, 1.807) is 18.2 Å². The summed E-state index contributed by atoms with van der Waals surface area (Å²) in [5, 5.41) is 3.13. The van der Waals surface area contributed by atoms with Crippen LogP contribution >= 0.6 is 0 Å². The van der Waals surface area contributed by atoms with Gasteiger partial charge in [0.25, 0.3) is 0 Å². The third-order valence-corrected chi connectivity index (χ3v) is 5.93. The summed E-state index contributed by atoms with van der Waals surface area (Å²) in [6, 6.07) is 15.3. The van der Waals surface area contributed by atoms with Crippen LogP contribution in [0.15, 0.2) is 60.9 Å². The first kappa shape index (κ1) is 21.6. The molecule has 0 unspecified atom stereocenters. The standard InChI is InChI=1S/C25H28N4O3/c1-17-4-6-18(7-5-17)15-29-16-20(14-22(29)30)25(31)27-23(24-26-12-13-28(24)2)19-8-10-21(32-3)11-9-19/h4-13,20,23H,14-16H2,1-3H3,(H,27,31)/t20-,23-/m1/s1. The summed E-state index contributed by atoms with van der Waals surface area (Å²) in [5.41, 5.74) is 3.14. The van der Waals surface area contributed by atoms with Gasteiger partial charge in [0.15, 0.2) is 0 Å². The summed E-state index contributed by atoms with van der Waals surface area (Å²) in [4.78, 5) is 32.0. The van der Waals surface area contributed by atoms with Gasteiger partial charge in [-0.1, -0.05) is 42.0 Å². The van der Waals surface area contributed by atoms with Crippen molar-refractivity contribution in [3.63, 3.8) is 0 Å². The van der Waals surface area contributed by atoms with Gasteiger partial charge in [0.1, 0.15) is 17.6 Å². The molecule has 2 amide bonds. The minimum absolute atomic E-state index is 0.00344. The van der Waals surface area contributed by atoms with Crippen LogP contribution in [-0.2, 0) is 23.2 Å². The molecule has 7 nitrogen and oxygen atoms in total. The van der Waals surface area contributed by atoms with E-state index < -0.39 is 12.0 Å². The molecule has 2 heterocycles. The van der Waals surface area contributed by atoms with E-state index in [1.165, 1.54) is 5.56 Å². The smallest absolute Gasteiger partial charge is 0.226 e. The van der Waals surface area contributed by atoms with Crippen LogP contribution in [0.1, 0.15) is 35.0 Å². The van der Waals surface area contributed by atoms with E-state index in [-0.39, 0.29) is 18.2 Å². The van der Waals surface area contributed by atoms with Gasteiger partial charge < -0.3 is 19.5 Å². The molecular weight excluding hydrogens is 404 g/mol. The predicted octanol–water partition coefficient (Wildman–Crippen LogP) is 2.99. The van der Waals surface area contributed by atoms with Crippen molar-refractivity contribution >= 4 is 11.8 Å². The minimum atomic E-state index is -0.422. The molecule has 0 saturated carbocycles. The Morgan fingerprint density at radius 3 is 2.53 bits per heavy atom. The van der Waals surface area contributed by atoms with Gasteiger partial charge in [0, 0.05) is 39.0 Å². The van der Waals surface area contributed by atoms with Gasteiger partial charge >= 0.3 is 0 Å². The molecule has 0 aliphatic carbocycles. The molecule has 1 aliphatic heterocycles. The molecule has 1 saturated heterocycles. The number of amides is 2. The average Bonchev–Trinajstić information content (AvgIpc) is 3.39. The Morgan fingerprint density at radius 2 is 1.91 bits per heavy atom. The molecule has 3 aromatic rings. The summed E-state index contributed by atoms with van der Waals surface area (Å²) >= 11 is 0. The average molecular weight is 433 g/mol. The lowest BCUT2D eigenvalue weighted by atomic mass is 10.0. The number of methoxy groups -OCH3 is 1. The largest absolute Gasteiger partial charge is 0.497 e. The first-order chi connectivity index (χ1) is 15.4. The number of nitrogens with one attached hydrogen (secondary N) is 1. The van der Waals surface area contributed by atoms with Crippen LogP contribution in [0.2, 0.25) is 0 Å². The maximum absolute atomic E-state index is 13.2. The van der Waals surface area contributed by atoms with Crippen molar-refractivity contribution in [2.45, 2.75) is 25.9 Å². The number of hydrogen-bond acceptors (Lipinski definition) is 4. The Balaban J connectivity index is 1.48. The molecule has 166 valence electrons. The summed E-state index contributed by atoms with van der Waals surface area (Å²) in [5.74, 6) is 0.933. The van der Waals surface area contributed by atoms with Crippen LogP contribution in [0.3, 0.4) is 0 Å². The van der Waals surface area contributed by atoms with Crippen LogP contribution < -0.4 is 10.1 Å². The van der Waals surface area contributed by atoms with Crippen LogP contribution in [0.4, 0.5) is 0 Å². The fourth-order valence-corrected chi connectivity index (χ4v) is 4.02. The third kappa shape index (κ3) is 4.66. The van der Waals surface area contributed by atoms with Crippen molar-refractivity contribution in [2.75, 3.05) is 13.7 Å². The zero-order chi connectivity index (χ0) is 22.7. The van der Waals surface area contributed by atoms with E-state index >= 15 is 0 Å². The number of hydrogen-bond donors (Lipinski definition) is 1. The molecule has 7 heteroatoms. The highest BCUT2D eigenvalue weighted by molar-refractivity contribution is 5.89. The van der Waals surface area contributed by atoms with Crippen molar-refractivity contribution in [3.8, 4) is 5.75 Å². The minimum Gasteiger partial charge on any atom is -0.497 e. The van der Waals surface area contributed by atoms with E-state index in [9.17, 15) is 9.59 Å². The summed E-state index contributed by atoms with van der Waals surface area (Å²) in [6.45, 7) is 2.96. The molecule has 1 fully saturated rings. The second kappa shape index (κ2) is 9.26. The number of ether oxygens (including phenoxy) is 1. The molecule has 1 aliphatic rings. The lowest BCUT2D eigenvalue weighted by Crippen LogP contribution is -2.37. The Bertz CT molecular complexity index is 1090. The Labute approximate surface area is 188 Å². The van der Waals surface area contributed by atoms with E-state index in [1.807, 2.05) is 73.3 Å². The monoisotopic (exact) mass is 432 g/mol. The van der Waals surface area contributed by atoms with Crippen molar-refractivity contribution < 1.29 is 14.3 Å². The number of imidazole rings is 1. The van der Waals surface area contributed by atoms with Gasteiger partial charge in [-0.2, -0.15) is 0 Å². The number of carbonyl (C=O) groups excluding carboxylic acids is 2. The van der Waals surface area contributed by atoms with Crippen LogP contribution in [0.25, 0.3) is 0 Å². The first-order valence-corrected chi connectivity index (χ1v) is 10.7. The lowest BCUT2D eigenvalue weighted by molar-refractivity contribution is -0.129. The van der Waals surface area contributed by atoms with E-state index in [2.05, 4.69) is 10.3 Å². The van der Waals surface area contributed by atoms with Crippen molar-refractivity contribution in [3.05, 3.63) is 83.4 Å². The van der Waals surface area contributed by atoms with Crippen LogP contribution in [0, 0.1) is 12.8 Å². The molecule has 0 spiro atoms. The highest BCUT2D eigenvalue weighted by Crippen LogP contribution is 2.26. The number of aromatic nitrogens is 2. The highest BCUT2D eigenvalue weighted by atomic mass is 16.5. The number of carbonyl (C=O) groups is 2. The second-order valence-corrected chi connectivity index (χ2v) is 8.27. The van der Waals surface area contributed by atoms with Gasteiger partial charge in [0.2, 0.25) is 11.8 Å². The maximum atomic E-state index is 13.2.